The molecule has 1 aromatic carbocycles. The predicted molar refractivity (Wildman–Crippen MR) is 62.3 cm³/mol. The molecule has 0 spiro atoms. The zero-order valence-electron chi connectivity index (χ0n) is 9.80. The molecule has 0 aromatic heterocycles. The summed E-state index contributed by atoms with van der Waals surface area (Å²) >= 11 is 0. The molecule has 0 saturated carbocycles. The first kappa shape index (κ1) is 13.4. The Balaban J connectivity index is 2.55. The molecule has 17 heavy (non-hydrogen) atoms. The van der Waals surface area contributed by atoms with Crippen LogP contribution in [0.5, 0.6) is 5.75 Å². The van der Waals surface area contributed by atoms with Gasteiger partial charge in [0.15, 0.2) is 17.4 Å². The molecule has 1 rings (SSSR count). The molecule has 0 aliphatic heterocycles. The molecule has 0 heterocycles. The molecule has 0 bridgehead atoms. The van der Waals surface area contributed by atoms with Crippen LogP contribution in [0.4, 0.5) is 14.5 Å². The van der Waals surface area contributed by atoms with Crippen LogP contribution in [0.1, 0.15) is 32.6 Å². The molecule has 0 atom stereocenters. The Hall–Kier alpha value is -1.63. The molecule has 2 nitrogen and oxygen atoms in total. The van der Waals surface area contributed by atoms with Crippen molar-refractivity contribution in [3.05, 3.63) is 35.2 Å². The van der Waals surface area contributed by atoms with Crippen molar-refractivity contribution >= 4 is 5.69 Å². The van der Waals surface area contributed by atoms with Gasteiger partial charge < -0.3 is 4.74 Å². The van der Waals surface area contributed by atoms with Gasteiger partial charge in [-0.05, 0) is 18.6 Å². The van der Waals surface area contributed by atoms with Gasteiger partial charge in [0.2, 0.25) is 5.69 Å². The zero-order chi connectivity index (χ0) is 12.7. The summed E-state index contributed by atoms with van der Waals surface area (Å²) in [5.74, 6) is -2.33. The molecule has 0 amide bonds. The van der Waals surface area contributed by atoms with Gasteiger partial charge in [0.05, 0.1) is 13.2 Å². The summed E-state index contributed by atoms with van der Waals surface area (Å²) in [5.41, 5.74) is -0.319. The molecule has 92 valence electrons. The van der Waals surface area contributed by atoms with Gasteiger partial charge in [-0.3, -0.25) is 0 Å². The molecule has 0 fully saturated rings. The molecule has 1 aromatic rings. The van der Waals surface area contributed by atoms with Crippen molar-refractivity contribution in [2.45, 2.75) is 32.6 Å². The quantitative estimate of drug-likeness (QED) is 0.527. The monoisotopic (exact) mass is 239 g/mol. The highest BCUT2D eigenvalue weighted by molar-refractivity contribution is 5.49. The van der Waals surface area contributed by atoms with Crippen molar-refractivity contribution in [3.8, 4) is 5.75 Å². The summed E-state index contributed by atoms with van der Waals surface area (Å²) in [7, 11) is 0. The van der Waals surface area contributed by atoms with Crippen LogP contribution in [-0.4, -0.2) is 6.61 Å². The normalized spacial score (nSPS) is 10.0. The Labute approximate surface area is 100 Å². The first-order valence-electron chi connectivity index (χ1n) is 5.69. The van der Waals surface area contributed by atoms with E-state index in [2.05, 4.69) is 11.8 Å². The number of hydrogen-bond donors (Lipinski definition) is 0. The lowest BCUT2D eigenvalue weighted by molar-refractivity contribution is 0.285. The lowest BCUT2D eigenvalue weighted by Gasteiger charge is -2.08. The van der Waals surface area contributed by atoms with E-state index in [1.165, 1.54) is 12.1 Å². The van der Waals surface area contributed by atoms with E-state index < -0.39 is 11.6 Å². The summed E-state index contributed by atoms with van der Waals surface area (Å²) in [4.78, 5) is 2.87. The minimum absolute atomic E-state index is 0.119. The maximum atomic E-state index is 13.4. The van der Waals surface area contributed by atoms with E-state index in [4.69, 9.17) is 11.3 Å². The summed E-state index contributed by atoms with van der Waals surface area (Å²) in [6, 6.07) is 2.53. The maximum Gasteiger partial charge on any atom is 0.225 e. The van der Waals surface area contributed by atoms with Crippen LogP contribution in [0, 0.1) is 18.2 Å². The third kappa shape index (κ3) is 3.70. The Bertz CT molecular complexity index is 413. The summed E-state index contributed by atoms with van der Waals surface area (Å²) in [5, 5.41) is 0. The number of halogens is 2. The van der Waals surface area contributed by atoms with Crippen LogP contribution in [-0.2, 0) is 0 Å². The molecule has 0 radical (unpaired) electrons. The van der Waals surface area contributed by atoms with Crippen LogP contribution in [0.25, 0.3) is 4.85 Å². The van der Waals surface area contributed by atoms with Crippen LogP contribution in [0.3, 0.4) is 0 Å². The van der Waals surface area contributed by atoms with Gasteiger partial charge in [-0.2, -0.15) is 0 Å². The number of ether oxygens (including phenoxy) is 1. The van der Waals surface area contributed by atoms with E-state index in [0.29, 0.717) is 6.61 Å². The second kappa shape index (κ2) is 6.85. The maximum absolute atomic E-state index is 13.4. The Kier molecular flexibility index (Phi) is 5.41. The highest BCUT2D eigenvalue weighted by Crippen LogP contribution is 2.27. The van der Waals surface area contributed by atoms with Crippen molar-refractivity contribution in [2.75, 3.05) is 6.61 Å². The lowest BCUT2D eigenvalue weighted by Crippen LogP contribution is -2.00. The van der Waals surface area contributed by atoms with Crippen LogP contribution in [0.2, 0.25) is 0 Å². The molecule has 0 aliphatic carbocycles. The highest BCUT2D eigenvalue weighted by Gasteiger charge is 2.13. The molecular weight excluding hydrogens is 224 g/mol. The van der Waals surface area contributed by atoms with Gasteiger partial charge in [0.25, 0.3) is 0 Å². The van der Waals surface area contributed by atoms with Crippen molar-refractivity contribution in [3.63, 3.8) is 0 Å². The third-order valence-corrected chi connectivity index (χ3v) is 2.40. The van der Waals surface area contributed by atoms with Crippen molar-refractivity contribution in [2.24, 2.45) is 0 Å². The lowest BCUT2D eigenvalue weighted by atomic mass is 10.2. The highest BCUT2D eigenvalue weighted by atomic mass is 19.2. The van der Waals surface area contributed by atoms with E-state index >= 15 is 0 Å². The third-order valence-electron chi connectivity index (χ3n) is 2.40. The smallest absolute Gasteiger partial charge is 0.225 e. The number of nitrogens with zero attached hydrogens (tertiary/aromatic N) is 1. The average Bonchev–Trinajstić information content (AvgIpc) is 2.34. The second-order valence-electron chi connectivity index (χ2n) is 3.73. The van der Waals surface area contributed by atoms with E-state index in [-0.39, 0.29) is 11.4 Å². The van der Waals surface area contributed by atoms with E-state index in [9.17, 15) is 8.78 Å². The van der Waals surface area contributed by atoms with Gasteiger partial charge in [0, 0.05) is 0 Å². The van der Waals surface area contributed by atoms with Gasteiger partial charge in [0.1, 0.15) is 0 Å². The van der Waals surface area contributed by atoms with Gasteiger partial charge in [-0.1, -0.05) is 26.2 Å². The minimum atomic E-state index is -1.13. The SMILES string of the molecule is [C-]#[N+]c1ccc(OCCCCCC)c(F)c1F. The summed E-state index contributed by atoms with van der Waals surface area (Å²) in [6.07, 6.45) is 4.06. The molecule has 4 heteroatoms. The fraction of sp³-hybridized carbons (Fsp3) is 0.462. The zero-order valence-corrected chi connectivity index (χ0v) is 9.80. The van der Waals surface area contributed by atoms with Crippen molar-refractivity contribution in [1.82, 2.24) is 0 Å². The number of benzene rings is 1. The molecule has 0 aliphatic rings. The second-order valence-corrected chi connectivity index (χ2v) is 3.73. The predicted octanol–water partition coefficient (Wildman–Crippen LogP) is 4.47. The summed E-state index contributed by atoms with van der Waals surface area (Å²) < 4.78 is 31.8. The number of unbranched alkanes of at least 4 members (excludes halogenated alkanes) is 3. The van der Waals surface area contributed by atoms with E-state index in [1.54, 1.807) is 0 Å². The van der Waals surface area contributed by atoms with Crippen LogP contribution in [0.15, 0.2) is 12.1 Å². The van der Waals surface area contributed by atoms with Crippen LogP contribution >= 0.6 is 0 Å². The molecular formula is C13H15F2NO. The molecule has 0 saturated heterocycles. The first-order valence-corrected chi connectivity index (χ1v) is 5.69. The number of hydrogen-bond acceptors (Lipinski definition) is 1. The van der Waals surface area contributed by atoms with Gasteiger partial charge in [-0.15, -0.1) is 0 Å². The molecule has 0 N–H and O–H groups in total. The van der Waals surface area contributed by atoms with Crippen molar-refractivity contribution in [1.29, 1.82) is 0 Å². The van der Waals surface area contributed by atoms with Gasteiger partial charge in [-0.25, -0.2) is 13.6 Å². The summed E-state index contributed by atoms with van der Waals surface area (Å²) in [6.45, 7) is 9.11. The van der Waals surface area contributed by atoms with E-state index in [0.717, 1.165) is 25.7 Å². The Morgan fingerprint density at radius 3 is 2.59 bits per heavy atom. The largest absolute Gasteiger partial charge is 0.491 e. The van der Waals surface area contributed by atoms with Crippen LogP contribution < -0.4 is 4.74 Å². The standard InChI is InChI=1S/C13H15F2NO/c1-3-4-5-6-9-17-11-8-7-10(16-2)12(14)13(11)15/h7-8H,3-6,9H2,1H3. The van der Waals surface area contributed by atoms with E-state index in [1.807, 2.05) is 0 Å². The topological polar surface area (TPSA) is 13.6 Å². The fourth-order valence-corrected chi connectivity index (χ4v) is 1.43. The first-order chi connectivity index (χ1) is 8.20. The number of rotatable bonds is 6. The average molecular weight is 239 g/mol. The Morgan fingerprint density at radius 2 is 1.94 bits per heavy atom. The minimum Gasteiger partial charge on any atom is -0.491 e. The molecule has 0 unspecified atom stereocenters. The van der Waals surface area contributed by atoms with Crippen molar-refractivity contribution < 1.29 is 13.5 Å². The Morgan fingerprint density at radius 1 is 1.18 bits per heavy atom. The fourth-order valence-electron chi connectivity index (χ4n) is 1.43. The van der Waals surface area contributed by atoms with Gasteiger partial charge >= 0.3 is 0 Å².